The van der Waals surface area contributed by atoms with Crippen LogP contribution in [-0.2, 0) is 35.3 Å². The molecule has 0 aliphatic carbocycles. The number of anilines is 1. The molecule has 1 aromatic carbocycles. The number of amides is 2. The summed E-state index contributed by atoms with van der Waals surface area (Å²) in [4.78, 5) is 28.9. The van der Waals surface area contributed by atoms with Crippen molar-refractivity contribution in [3.63, 3.8) is 0 Å². The van der Waals surface area contributed by atoms with Gasteiger partial charge in [0.15, 0.2) is 17.5 Å². The molecule has 1 aliphatic rings. The van der Waals surface area contributed by atoms with E-state index in [9.17, 15) is 35.9 Å². The first-order chi connectivity index (χ1) is 14.9. The minimum Gasteiger partial charge on any atom is -0.335 e. The molecule has 1 unspecified atom stereocenters. The van der Waals surface area contributed by atoms with Crippen molar-refractivity contribution in [1.82, 2.24) is 14.5 Å². The summed E-state index contributed by atoms with van der Waals surface area (Å²) in [6.45, 7) is 2.36. The number of rotatable bonds is 5. The maximum Gasteiger partial charge on any atom is 0.449 e. The number of carbonyl (C=O) groups is 2. The molecule has 0 saturated heterocycles. The minimum atomic E-state index is -4.74. The summed E-state index contributed by atoms with van der Waals surface area (Å²) in [5.41, 5.74) is -0.0323. The second-order valence-electron chi connectivity index (χ2n) is 7.75. The van der Waals surface area contributed by atoms with Crippen LogP contribution in [0.5, 0.6) is 0 Å². The third-order valence-corrected chi connectivity index (χ3v) is 5.09. The maximum absolute atomic E-state index is 13.9. The van der Waals surface area contributed by atoms with Crippen molar-refractivity contribution in [2.45, 2.75) is 46.0 Å². The highest BCUT2D eigenvalue weighted by Crippen LogP contribution is 2.34. The van der Waals surface area contributed by atoms with Gasteiger partial charge in [0.05, 0.1) is 12.2 Å². The Kier molecular flexibility index (Phi) is 6.51. The van der Waals surface area contributed by atoms with Gasteiger partial charge in [0.25, 0.3) is 0 Å². The first kappa shape index (κ1) is 23.6. The number of hydrogen-bond acceptors (Lipinski definition) is 3. The predicted molar refractivity (Wildman–Crippen MR) is 101 cm³/mol. The van der Waals surface area contributed by atoms with Gasteiger partial charge in [-0.2, -0.15) is 13.2 Å². The van der Waals surface area contributed by atoms with E-state index < -0.39 is 47.2 Å². The fraction of sp³-hybridized carbons (Fsp3) is 0.450. The minimum absolute atomic E-state index is 0.0168. The van der Waals surface area contributed by atoms with Gasteiger partial charge in [-0.1, -0.05) is 6.92 Å². The van der Waals surface area contributed by atoms with Gasteiger partial charge in [-0.25, -0.2) is 18.2 Å². The Morgan fingerprint density at radius 3 is 2.41 bits per heavy atom. The number of fused-ring (bicyclic) bond motifs is 1. The number of carbonyl (C=O) groups excluding carboxylic acids is 2. The zero-order valence-electron chi connectivity index (χ0n) is 17.2. The summed E-state index contributed by atoms with van der Waals surface area (Å²) < 4.78 is 81.1. The lowest BCUT2D eigenvalue weighted by atomic mass is 9.96. The highest BCUT2D eigenvalue weighted by atomic mass is 19.4. The third-order valence-electron chi connectivity index (χ3n) is 5.09. The van der Waals surface area contributed by atoms with E-state index >= 15 is 0 Å². The molecule has 1 N–H and O–H groups in total. The van der Waals surface area contributed by atoms with E-state index in [0.717, 1.165) is 17.6 Å². The number of halogens is 6. The molecule has 32 heavy (non-hydrogen) atoms. The van der Waals surface area contributed by atoms with Crippen molar-refractivity contribution in [2.75, 3.05) is 11.9 Å². The standard InChI is InChI=1S/C20H20F6N4O2/c1-10(5-12-7-14(22)15(23)8-13(12)21)6-17(32)29-3-4-30-16(9-29)18(27-11(2)31)28-19(30)20(24,25)26/h7-8,10H,3-6,9H2,1-2H3,(H,27,31). The van der Waals surface area contributed by atoms with Crippen molar-refractivity contribution in [3.8, 4) is 0 Å². The fourth-order valence-corrected chi connectivity index (χ4v) is 3.66. The average molecular weight is 462 g/mol. The van der Waals surface area contributed by atoms with Crippen LogP contribution in [0.4, 0.5) is 32.2 Å². The van der Waals surface area contributed by atoms with Gasteiger partial charge in [0.1, 0.15) is 5.82 Å². The molecular formula is C20H20F6N4O2. The first-order valence-corrected chi connectivity index (χ1v) is 9.72. The quantitative estimate of drug-likeness (QED) is 0.542. The molecule has 3 rings (SSSR count). The van der Waals surface area contributed by atoms with Gasteiger partial charge in [-0.15, -0.1) is 0 Å². The van der Waals surface area contributed by atoms with Crippen LogP contribution in [0.2, 0.25) is 0 Å². The van der Waals surface area contributed by atoms with Crippen molar-refractivity contribution in [3.05, 3.63) is 46.7 Å². The molecule has 0 bridgehead atoms. The number of nitrogens with one attached hydrogen (secondary N) is 1. The maximum atomic E-state index is 13.9. The predicted octanol–water partition coefficient (Wildman–Crippen LogP) is 3.89. The van der Waals surface area contributed by atoms with Crippen molar-refractivity contribution in [1.29, 1.82) is 0 Å². The lowest BCUT2D eigenvalue weighted by Crippen LogP contribution is -2.40. The zero-order valence-corrected chi connectivity index (χ0v) is 17.2. The Morgan fingerprint density at radius 2 is 1.78 bits per heavy atom. The van der Waals surface area contributed by atoms with Gasteiger partial charge >= 0.3 is 6.18 Å². The van der Waals surface area contributed by atoms with Crippen molar-refractivity contribution >= 4 is 17.6 Å². The van der Waals surface area contributed by atoms with Crippen LogP contribution in [0.3, 0.4) is 0 Å². The highest BCUT2D eigenvalue weighted by molar-refractivity contribution is 5.88. The second kappa shape index (κ2) is 8.83. The molecule has 1 atom stereocenters. The average Bonchev–Trinajstić information content (AvgIpc) is 3.03. The molecule has 1 aromatic heterocycles. The Hall–Kier alpha value is -3.05. The summed E-state index contributed by atoms with van der Waals surface area (Å²) in [5, 5.41) is 2.26. The Labute approximate surface area is 179 Å². The van der Waals surface area contributed by atoms with Gasteiger partial charge in [0.2, 0.25) is 17.6 Å². The van der Waals surface area contributed by atoms with Crippen molar-refractivity contribution in [2.24, 2.45) is 5.92 Å². The summed E-state index contributed by atoms with van der Waals surface area (Å²) in [6.07, 6.45) is -4.86. The largest absolute Gasteiger partial charge is 0.449 e. The smallest absolute Gasteiger partial charge is 0.335 e. The van der Waals surface area contributed by atoms with Crippen LogP contribution >= 0.6 is 0 Å². The number of aromatic nitrogens is 2. The molecular weight excluding hydrogens is 442 g/mol. The highest BCUT2D eigenvalue weighted by Gasteiger charge is 2.40. The molecule has 12 heteroatoms. The lowest BCUT2D eigenvalue weighted by Gasteiger charge is -2.30. The van der Waals surface area contributed by atoms with E-state index in [1.54, 1.807) is 6.92 Å². The molecule has 0 fully saturated rings. The number of imidazole rings is 1. The van der Waals surface area contributed by atoms with Crippen LogP contribution < -0.4 is 5.32 Å². The molecule has 2 heterocycles. The van der Waals surface area contributed by atoms with E-state index in [2.05, 4.69) is 10.3 Å². The molecule has 0 radical (unpaired) electrons. The normalized spacial score (nSPS) is 14.8. The van der Waals surface area contributed by atoms with Gasteiger partial charge in [-0.3, -0.25) is 9.59 Å². The monoisotopic (exact) mass is 462 g/mol. The molecule has 1 aliphatic heterocycles. The van der Waals surface area contributed by atoms with E-state index in [1.165, 1.54) is 4.90 Å². The Bertz CT molecular complexity index is 1050. The van der Waals surface area contributed by atoms with Crippen molar-refractivity contribution < 1.29 is 35.9 Å². The third kappa shape index (κ3) is 5.05. The van der Waals surface area contributed by atoms with Crippen LogP contribution in [0.15, 0.2) is 12.1 Å². The number of nitrogens with zero attached hydrogens (tertiary/aromatic N) is 3. The van der Waals surface area contributed by atoms with E-state index in [0.29, 0.717) is 6.07 Å². The molecule has 2 amide bonds. The van der Waals surface area contributed by atoms with Crippen LogP contribution in [0.1, 0.15) is 37.4 Å². The topological polar surface area (TPSA) is 67.2 Å². The first-order valence-electron chi connectivity index (χ1n) is 9.72. The number of hydrogen-bond donors (Lipinski definition) is 1. The summed E-state index contributed by atoms with van der Waals surface area (Å²) in [7, 11) is 0. The van der Waals surface area contributed by atoms with Gasteiger partial charge < -0.3 is 14.8 Å². The van der Waals surface area contributed by atoms with Gasteiger partial charge in [0, 0.05) is 32.5 Å². The van der Waals surface area contributed by atoms with E-state index in [1.807, 2.05) is 0 Å². The van der Waals surface area contributed by atoms with Crippen LogP contribution in [0, 0.1) is 23.4 Å². The lowest BCUT2D eigenvalue weighted by molar-refractivity contribution is -0.148. The van der Waals surface area contributed by atoms with Crippen LogP contribution in [-0.4, -0.2) is 32.8 Å². The molecule has 2 aromatic rings. The summed E-state index contributed by atoms with van der Waals surface area (Å²) in [6, 6.07) is 1.18. The summed E-state index contributed by atoms with van der Waals surface area (Å²) >= 11 is 0. The van der Waals surface area contributed by atoms with Gasteiger partial charge in [-0.05, 0) is 24.0 Å². The molecule has 0 spiro atoms. The zero-order chi connectivity index (χ0) is 23.8. The van der Waals surface area contributed by atoms with Crippen LogP contribution in [0.25, 0.3) is 0 Å². The Balaban J connectivity index is 1.73. The molecule has 6 nitrogen and oxygen atoms in total. The Morgan fingerprint density at radius 1 is 1.12 bits per heavy atom. The van der Waals surface area contributed by atoms with E-state index in [4.69, 9.17) is 0 Å². The number of benzene rings is 1. The van der Waals surface area contributed by atoms with E-state index in [-0.39, 0.29) is 49.6 Å². The molecule has 174 valence electrons. The SMILES string of the molecule is CC(=O)Nc1nc(C(F)(F)F)n2c1CN(C(=O)CC(C)Cc1cc(F)c(F)cc1F)CC2. The molecule has 0 saturated carbocycles. The fourth-order valence-electron chi connectivity index (χ4n) is 3.66. The second-order valence-corrected chi connectivity index (χ2v) is 7.75. The summed E-state index contributed by atoms with van der Waals surface area (Å²) in [5.74, 6) is -6.33. The number of alkyl halides is 3.